The summed E-state index contributed by atoms with van der Waals surface area (Å²) in [6, 6.07) is 2.19. The minimum absolute atomic E-state index is 0.938. The maximum atomic E-state index is 3.50. The Hall–Kier alpha value is -0.380. The van der Waals surface area contributed by atoms with Crippen molar-refractivity contribution < 1.29 is 0 Å². The fourth-order valence-electron chi connectivity index (χ4n) is 2.10. The van der Waals surface area contributed by atoms with E-state index in [0.29, 0.717) is 0 Å². The Labute approximate surface area is 96.1 Å². The standard InChI is InChI=1S/C12H20N2S/c1(2-11-3-6-14-8-11)5-13-9-12-4-7-15-10-12/h4,7,10-11,13-14H,1-3,5-6,8-9H2. The summed E-state index contributed by atoms with van der Waals surface area (Å²) in [4.78, 5) is 0. The van der Waals surface area contributed by atoms with Gasteiger partial charge in [-0.2, -0.15) is 11.3 Å². The molecule has 2 heterocycles. The number of thiophene rings is 1. The van der Waals surface area contributed by atoms with Crippen LogP contribution in [-0.2, 0) is 6.54 Å². The first-order valence-corrected chi connectivity index (χ1v) is 6.82. The lowest BCUT2D eigenvalue weighted by atomic mass is 10.0. The fourth-order valence-corrected chi connectivity index (χ4v) is 2.77. The van der Waals surface area contributed by atoms with Gasteiger partial charge in [0.05, 0.1) is 0 Å². The molecule has 15 heavy (non-hydrogen) atoms. The van der Waals surface area contributed by atoms with E-state index in [4.69, 9.17) is 0 Å². The van der Waals surface area contributed by atoms with Crippen LogP contribution in [0.3, 0.4) is 0 Å². The predicted molar refractivity (Wildman–Crippen MR) is 66.2 cm³/mol. The van der Waals surface area contributed by atoms with Crippen molar-refractivity contribution in [1.29, 1.82) is 0 Å². The Morgan fingerprint density at radius 2 is 2.53 bits per heavy atom. The summed E-state index contributed by atoms with van der Waals surface area (Å²) >= 11 is 1.78. The van der Waals surface area contributed by atoms with Crippen molar-refractivity contribution in [2.75, 3.05) is 19.6 Å². The highest BCUT2D eigenvalue weighted by molar-refractivity contribution is 7.07. The zero-order chi connectivity index (χ0) is 10.3. The van der Waals surface area contributed by atoms with Gasteiger partial charge < -0.3 is 10.6 Å². The SMILES string of the molecule is c1cc(CNCCCC2CCNC2)cs1. The smallest absolute Gasteiger partial charge is 0.0213 e. The molecule has 84 valence electrons. The molecule has 1 unspecified atom stereocenters. The van der Waals surface area contributed by atoms with Crippen molar-refractivity contribution in [3.63, 3.8) is 0 Å². The molecule has 0 spiro atoms. The van der Waals surface area contributed by atoms with Gasteiger partial charge in [0, 0.05) is 6.54 Å². The summed E-state index contributed by atoms with van der Waals surface area (Å²) in [6.07, 6.45) is 4.07. The van der Waals surface area contributed by atoms with Gasteiger partial charge in [-0.3, -0.25) is 0 Å². The third kappa shape index (κ3) is 3.93. The zero-order valence-corrected chi connectivity index (χ0v) is 9.98. The monoisotopic (exact) mass is 224 g/mol. The minimum Gasteiger partial charge on any atom is -0.316 e. The molecular weight excluding hydrogens is 204 g/mol. The van der Waals surface area contributed by atoms with E-state index in [0.717, 1.165) is 19.0 Å². The van der Waals surface area contributed by atoms with Crippen LogP contribution in [0.5, 0.6) is 0 Å². The third-order valence-corrected chi connectivity index (χ3v) is 3.77. The average Bonchev–Trinajstić information content (AvgIpc) is 2.88. The van der Waals surface area contributed by atoms with E-state index in [-0.39, 0.29) is 0 Å². The van der Waals surface area contributed by atoms with E-state index in [1.165, 1.54) is 37.9 Å². The largest absolute Gasteiger partial charge is 0.316 e. The van der Waals surface area contributed by atoms with Crippen molar-refractivity contribution in [1.82, 2.24) is 10.6 Å². The molecule has 0 aliphatic carbocycles. The lowest BCUT2D eigenvalue weighted by Crippen LogP contribution is -2.16. The molecule has 0 bridgehead atoms. The van der Waals surface area contributed by atoms with E-state index in [2.05, 4.69) is 27.5 Å². The Balaban J connectivity index is 1.48. The zero-order valence-electron chi connectivity index (χ0n) is 9.17. The minimum atomic E-state index is 0.938. The summed E-state index contributed by atoms with van der Waals surface area (Å²) in [5.74, 6) is 0.938. The number of nitrogens with one attached hydrogen (secondary N) is 2. The Morgan fingerprint density at radius 1 is 1.53 bits per heavy atom. The van der Waals surface area contributed by atoms with Crippen LogP contribution in [0.25, 0.3) is 0 Å². The van der Waals surface area contributed by atoms with Gasteiger partial charge in [-0.25, -0.2) is 0 Å². The highest BCUT2D eigenvalue weighted by Crippen LogP contribution is 2.13. The third-order valence-electron chi connectivity index (χ3n) is 3.04. The first kappa shape index (κ1) is 11.1. The quantitative estimate of drug-likeness (QED) is 0.724. The second-order valence-corrected chi connectivity index (χ2v) is 5.09. The summed E-state index contributed by atoms with van der Waals surface area (Å²) in [5.41, 5.74) is 1.42. The second-order valence-electron chi connectivity index (χ2n) is 4.31. The molecule has 2 rings (SSSR count). The summed E-state index contributed by atoms with van der Waals surface area (Å²) in [5, 5.41) is 11.3. The molecule has 1 aliphatic heterocycles. The van der Waals surface area contributed by atoms with Crippen LogP contribution in [0.1, 0.15) is 24.8 Å². The van der Waals surface area contributed by atoms with E-state index in [9.17, 15) is 0 Å². The fraction of sp³-hybridized carbons (Fsp3) is 0.667. The van der Waals surface area contributed by atoms with Gasteiger partial charge in [0.15, 0.2) is 0 Å². The Kier molecular flexibility index (Phi) is 4.64. The van der Waals surface area contributed by atoms with E-state index >= 15 is 0 Å². The molecule has 1 aliphatic rings. The van der Waals surface area contributed by atoms with Crippen molar-refractivity contribution >= 4 is 11.3 Å². The molecule has 0 aromatic carbocycles. The van der Waals surface area contributed by atoms with Gasteiger partial charge in [-0.1, -0.05) is 0 Å². The molecule has 1 saturated heterocycles. The Bertz CT molecular complexity index is 253. The van der Waals surface area contributed by atoms with Gasteiger partial charge in [-0.05, 0) is 67.2 Å². The van der Waals surface area contributed by atoms with Crippen LogP contribution in [0, 0.1) is 5.92 Å². The Morgan fingerprint density at radius 3 is 3.27 bits per heavy atom. The number of hydrogen-bond acceptors (Lipinski definition) is 3. The lowest BCUT2D eigenvalue weighted by molar-refractivity contribution is 0.492. The molecule has 3 heteroatoms. The number of rotatable bonds is 6. The van der Waals surface area contributed by atoms with Crippen LogP contribution in [0.4, 0.5) is 0 Å². The molecule has 0 saturated carbocycles. The summed E-state index contributed by atoms with van der Waals surface area (Å²) in [7, 11) is 0. The first-order valence-electron chi connectivity index (χ1n) is 5.87. The molecular formula is C12H20N2S. The van der Waals surface area contributed by atoms with Crippen molar-refractivity contribution in [2.24, 2.45) is 5.92 Å². The molecule has 1 aromatic heterocycles. The normalized spacial score (nSPS) is 20.9. The van der Waals surface area contributed by atoms with E-state index in [1.807, 2.05) is 0 Å². The molecule has 2 nitrogen and oxygen atoms in total. The molecule has 0 radical (unpaired) electrons. The van der Waals surface area contributed by atoms with Crippen LogP contribution in [0.15, 0.2) is 16.8 Å². The van der Waals surface area contributed by atoms with E-state index in [1.54, 1.807) is 11.3 Å². The topological polar surface area (TPSA) is 24.1 Å². The number of hydrogen-bond donors (Lipinski definition) is 2. The van der Waals surface area contributed by atoms with Crippen LogP contribution in [-0.4, -0.2) is 19.6 Å². The van der Waals surface area contributed by atoms with Crippen molar-refractivity contribution in [2.45, 2.75) is 25.8 Å². The molecule has 1 aromatic rings. The van der Waals surface area contributed by atoms with Crippen LogP contribution < -0.4 is 10.6 Å². The van der Waals surface area contributed by atoms with Gasteiger partial charge >= 0.3 is 0 Å². The molecule has 1 atom stereocenters. The maximum Gasteiger partial charge on any atom is 0.0213 e. The molecule has 1 fully saturated rings. The van der Waals surface area contributed by atoms with Crippen LogP contribution in [0.2, 0.25) is 0 Å². The van der Waals surface area contributed by atoms with Crippen molar-refractivity contribution in [3.05, 3.63) is 22.4 Å². The summed E-state index contributed by atoms with van der Waals surface area (Å²) < 4.78 is 0. The highest BCUT2D eigenvalue weighted by atomic mass is 32.1. The van der Waals surface area contributed by atoms with Gasteiger partial charge in [-0.15, -0.1) is 0 Å². The maximum absolute atomic E-state index is 3.50. The second kappa shape index (κ2) is 6.26. The lowest BCUT2D eigenvalue weighted by Gasteiger charge is -2.08. The van der Waals surface area contributed by atoms with E-state index < -0.39 is 0 Å². The predicted octanol–water partition coefficient (Wildman–Crippen LogP) is 2.23. The van der Waals surface area contributed by atoms with Crippen LogP contribution >= 0.6 is 11.3 Å². The first-order chi connectivity index (χ1) is 7.45. The van der Waals surface area contributed by atoms with Gasteiger partial charge in [0.25, 0.3) is 0 Å². The molecule has 0 amide bonds. The molecule has 2 N–H and O–H groups in total. The van der Waals surface area contributed by atoms with Gasteiger partial charge in [0.1, 0.15) is 0 Å². The highest BCUT2D eigenvalue weighted by Gasteiger charge is 2.12. The average molecular weight is 224 g/mol. The van der Waals surface area contributed by atoms with Gasteiger partial charge in [0.2, 0.25) is 0 Å². The summed E-state index contributed by atoms with van der Waals surface area (Å²) in [6.45, 7) is 4.66. The van der Waals surface area contributed by atoms with Crippen molar-refractivity contribution in [3.8, 4) is 0 Å².